The number of carbonyl (C=O) groups excluding carboxylic acids is 1. The molecule has 1 unspecified atom stereocenters. The highest BCUT2D eigenvalue weighted by Gasteiger charge is 2.20. The average Bonchev–Trinajstić information content (AvgIpc) is 2.76. The monoisotopic (exact) mass is 452 g/mol. The molecule has 6 nitrogen and oxygen atoms in total. The van der Waals surface area contributed by atoms with E-state index in [4.69, 9.17) is 4.74 Å². The third-order valence-electron chi connectivity index (χ3n) is 5.22. The lowest BCUT2D eigenvalue weighted by molar-refractivity contribution is -0.122. The molecule has 0 saturated heterocycles. The number of anilines is 2. The third-order valence-corrected chi connectivity index (χ3v) is 6.61. The van der Waals surface area contributed by atoms with Gasteiger partial charge in [0.15, 0.2) is 6.10 Å². The van der Waals surface area contributed by atoms with E-state index in [2.05, 4.69) is 10.0 Å². The predicted octanol–water partition coefficient (Wildman–Crippen LogP) is 5.21. The number of benzene rings is 3. The van der Waals surface area contributed by atoms with Crippen molar-refractivity contribution in [3.05, 3.63) is 83.4 Å². The molecule has 3 rings (SSSR count). The third kappa shape index (κ3) is 5.68. The van der Waals surface area contributed by atoms with E-state index in [0.717, 1.165) is 16.7 Å². The summed E-state index contributed by atoms with van der Waals surface area (Å²) in [5.41, 5.74) is 4.03. The van der Waals surface area contributed by atoms with Gasteiger partial charge in [-0.2, -0.15) is 0 Å². The average molecular weight is 453 g/mol. The fraction of sp³-hybridized carbons (Fsp3) is 0.240. The molecule has 0 aliphatic carbocycles. The van der Waals surface area contributed by atoms with Gasteiger partial charge >= 0.3 is 0 Å². The Bertz CT molecular complexity index is 1200. The molecular weight excluding hydrogens is 424 g/mol. The van der Waals surface area contributed by atoms with Crippen LogP contribution in [0.3, 0.4) is 0 Å². The van der Waals surface area contributed by atoms with Crippen LogP contribution in [0.2, 0.25) is 0 Å². The molecule has 3 aromatic carbocycles. The van der Waals surface area contributed by atoms with Crippen LogP contribution in [-0.2, 0) is 14.8 Å². The topological polar surface area (TPSA) is 84.5 Å². The zero-order valence-corrected chi connectivity index (χ0v) is 19.5. The summed E-state index contributed by atoms with van der Waals surface area (Å²) in [5, 5.41) is 2.80. The van der Waals surface area contributed by atoms with Crippen LogP contribution in [0.15, 0.2) is 71.6 Å². The number of hydrogen-bond acceptors (Lipinski definition) is 4. The van der Waals surface area contributed by atoms with Gasteiger partial charge in [0.05, 0.1) is 4.90 Å². The van der Waals surface area contributed by atoms with Crippen molar-refractivity contribution >= 4 is 27.3 Å². The van der Waals surface area contributed by atoms with Gasteiger partial charge in [-0.1, -0.05) is 31.2 Å². The van der Waals surface area contributed by atoms with Gasteiger partial charge in [-0.15, -0.1) is 0 Å². The number of sulfonamides is 1. The lowest BCUT2D eigenvalue weighted by atomic mass is 10.1. The minimum absolute atomic E-state index is 0.108. The van der Waals surface area contributed by atoms with Crippen molar-refractivity contribution < 1.29 is 17.9 Å². The van der Waals surface area contributed by atoms with E-state index in [-0.39, 0.29) is 10.8 Å². The molecule has 0 heterocycles. The van der Waals surface area contributed by atoms with Crippen LogP contribution in [0, 0.1) is 20.8 Å². The highest BCUT2D eigenvalue weighted by molar-refractivity contribution is 7.92. The van der Waals surface area contributed by atoms with E-state index in [1.54, 1.807) is 24.3 Å². The molecule has 32 heavy (non-hydrogen) atoms. The van der Waals surface area contributed by atoms with Crippen molar-refractivity contribution in [1.29, 1.82) is 0 Å². The Labute approximate surface area is 189 Å². The van der Waals surface area contributed by atoms with Crippen LogP contribution in [0.4, 0.5) is 11.4 Å². The molecule has 1 amide bonds. The molecule has 2 N–H and O–H groups in total. The van der Waals surface area contributed by atoms with Crippen molar-refractivity contribution in [2.45, 2.75) is 45.1 Å². The summed E-state index contributed by atoms with van der Waals surface area (Å²) in [6.07, 6.45) is -0.169. The smallest absolute Gasteiger partial charge is 0.265 e. The summed E-state index contributed by atoms with van der Waals surface area (Å²) >= 11 is 0. The largest absolute Gasteiger partial charge is 0.480 e. The highest BCUT2D eigenvalue weighted by atomic mass is 32.2. The van der Waals surface area contributed by atoms with Crippen molar-refractivity contribution in [3.8, 4) is 5.75 Å². The number of aryl methyl sites for hydroxylation is 3. The lowest BCUT2D eigenvalue weighted by Crippen LogP contribution is -2.32. The van der Waals surface area contributed by atoms with Gasteiger partial charge in [-0.25, -0.2) is 8.42 Å². The fourth-order valence-electron chi connectivity index (χ4n) is 3.12. The maximum absolute atomic E-state index is 12.7. The molecule has 0 fully saturated rings. The van der Waals surface area contributed by atoms with E-state index in [1.807, 2.05) is 58.0 Å². The first-order chi connectivity index (χ1) is 15.2. The first-order valence-corrected chi connectivity index (χ1v) is 11.9. The standard InChI is InChI=1S/C25H28N2O4S/c1-5-23(31-24-9-7-6-8-18(24)3)25(28)26-20-12-14-22(15-13-20)32(29,30)27-21-11-10-17(2)19(4)16-21/h6-16,23,27H,5H2,1-4H3,(H,26,28). The molecule has 0 saturated carbocycles. The van der Waals surface area contributed by atoms with Crippen LogP contribution >= 0.6 is 0 Å². The van der Waals surface area contributed by atoms with Crippen molar-refractivity contribution in [3.63, 3.8) is 0 Å². The van der Waals surface area contributed by atoms with Crippen molar-refractivity contribution in [1.82, 2.24) is 0 Å². The van der Waals surface area contributed by atoms with E-state index >= 15 is 0 Å². The highest BCUT2D eigenvalue weighted by Crippen LogP contribution is 2.22. The van der Waals surface area contributed by atoms with Gasteiger partial charge < -0.3 is 10.1 Å². The number of carbonyl (C=O) groups is 1. The van der Waals surface area contributed by atoms with Crippen molar-refractivity contribution in [2.24, 2.45) is 0 Å². The second-order valence-electron chi connectivity index (χ2n) is 7.70. The maximum atomic E-state index is 12.7. The van der Waals surface area contributed by atoms with Crippen molar-refractivity contribution in [2.75, 3.05) is 10.0 Å². The number of rotatable bonds is 8. The van der Waals surface area contributed by atoms with Crippen LogP contribution in [0.25, 0.3) is 0 Å². The summed E-state index contributed by atoms with van der Waals surface area (Å²) in [7, 11) is -3.74. The number of ether oxygens (including phenoxy) is 1. The zero-order chi connectivity index (χ0) is 23.3. The first-order valence-electron chi connectivity index (χ1n) is 10.4. The summed E-state index contributed by atoms with van der Waals surface area (Å²) in [6.45, 7) is 7.69. The molecular formula is C25H28N2O4S. The molecule has 0 aromatic heterocycles. The van der Waals surface area contributed by atoms with Gasteiger partial charge in [0, 0.05) is 11.4 Å². The normalized spacial score (nSPS) is 12.1. The molecule has 0 spiro atoms. The summed E-state index contributed by atoms with van der Waals surface area (Å²) in [4.78, 5) is 12.8. The number of para-hydroxylation sites is 1. The van der Waals surface area contributed by atoms with Gasteiger partial charge in [0.25, 0.3) is 15.9 Å². The van der Waals surface area contributed by atoms with E-state index in [1.165, 1.54) is 12.1 Å². The summed E-state index contributed by atoms with van der Waals surface area (Å²) in [5.74, 6) is 0.368. The van der Waals surface area contributed by atoms with E-state index in [0.29, 0.717) is 23.5 Å². The van der Waals surface area contributed by atoms with E-state index in [9.17, 15) is 13.2 Å². The molecule has 7 heteroatoms. The molecule has 3 aromatic rings. The Hall–Kier alpha value is -3.32. The lowest BCUT2D eigenvalue weighted by Gasteiger charge is -2.18. The first kappa shape index (κ1) is 23.3. The number of nitrogens with one attached hydrogen (secondary N) is 2. The predicted molar refractivity (Wildman–Crippen MR) is 128 cm³/mol. The second-order valence-corrected chi connectivity index (χ2v) is 9.38. The molecule has 0 radical (unpaired) electrons. The quantitative estimate of drug-likeness (QED) is 0.491. The SMILES string of the molecule is CCC(Oc1ccccc1C)C(=O)Nc1ccc(S(=O)(=O)Nc2ccc(C)c(C)c2)cc1. The Balaban J connectivity index is 1.68. The maximum Gasteiger partial charge on any atom is 0.265 e. The summed E-state index contributed by atoms with van der Waals surface area (Å²) in [6, 6.07) is 19.0. The minimum atomic E-state index is -3.74. The minimum Gasteiger partial charge on any atom is -0.480 e. The molecule has 0 bridgehead atoms. The Kier molecular flexibility index (Phi) is 7.20. The van der Waals surface area contributed by atoms with Gasteiger partial charge in [-0.3, -0.25) is 9.52 Å². The molecule has 168 valence electrons. The van der Waals surface area contributed by atoms with Crippen LogP contribution in [0.1, 0.15) is 30.0 Å². The molecule has 0 aliphatic rings. The number of amides is 1. The number of hydrogen-bond donors (Lipinski definition) is 2. The zero-order valence-electron chi connectivity index (χ0n) is 18.7. The van der Waals surface area contributed by atoms with Crippen LogP contribution < -0.4 is 14.8 Å². The summed E-state index contributed by atoms with van der Waals surface area (Å²) < 4.78 is 33.9. The fourth-order valence-corrected chi connectivity index (χ4v) is 4.17. The van der Waals surface area contributed by atoms with Crippen LogP contribution in [0.5, 0.6) is 5.75 Å². The molecule has 1 atom stereocenters. The Morgan fingerprint density at radius 3 is 2.16 bits per heavy atom. The van der Waals surface area contributed by atoms with Crippen LogP contribution in [-0.4, -0.2) is 20.4 Å². The van der Waals surface area contributed by atoms with Gasteiger partial charge in [0.1, 0.15) is 5.75 Å². The molecule has 0 aliphatic heterocycles. The Morgan fingerprint density at radius 2 is 1.53 bits per heavy atom. The van der Waals surface area contributed by atoms with E-state index < -0.39 is 16.1 Å². The second kappa shape index (κ2) is 9.87. The Morgan fingerprint density at radius 1 is 0.875 bits per heavy atom. The van der Waals surface area contributed by atoms with Gasteiger partial charge in [-0.05, 0) is 86.3 Å². The van der Waals surface area contributed by atoms with Gasteiger partial charge in [0.2, 0.25) is 0 Å².